The van der Waals surface area contributed by atoms with Gasteiger partial charge in [0.15, 0.2) is 0 Å². The van der Waals surface area contributed by atoms with Crippen molar-refractivity contribution in [2.24, 2.45) is 5.73 Å². The van der Waals surface area contributed by atoms with E-state index in [0.29, 0.717) is 18.8 Å². The zero-order valence-corrected chi connectivity index (χ0v) is 17.2. The molecule has 3 aromatic rings. The zero-order chi connectivity index (χ0) is 21.9. The van der Waals surface area contributed by atoms with Crippen LogP contribution in [0.15, 0.2) is 48.8 Å². The van der Waals surface area contributed by atoms with Gasteiger partial charge in [-0.15, -0.1) is 0 Å². The molecule has 1 spiro atoms. The third-order valence-electron chi connectivity index (χ3n) is 6.46. The van der Waals surface area contributed by atoms with E-state index in [9.17, 15) is 9.59 Å². The molecule has 10 nitrogen and oxygen atoms in total. The number of benzene rings is 1. The first-order chi connectivity index (χ1) is 15.5. The lowest BCUT2D eigenvalue weighted by atomic mass is 9.89. The summed E-state index contributed by atoms with van der Waals surface area (Å²) in [6.45, 7) is 1.17. The monoisotopic (exact) mass is 430 g/mol. The fourth-order valence-corrected chi connectivity index (χ4v) is 4.87. The SMILES string of the molecule is NC1=CC(N2CCCC3(C2)NC(=O)NC3=O)Nc2c(-c3cnc4ccccc4c3)cnn21. The van der Waals surface area contributed by atoms with Crippen LogP contribution in [0.4, 0.5) is 10.6 Å². The van der Waals surface area contributed by atoms with E-state index in [1.54, 1.807) is 10.9 Å². The van der Waals surface area contributed by atoms with Crippen molar-refractivity contribution in [3.05, 3.63) is 48.8 Å². The van der Waals surface area contributed by atoms with E-state index in [2.05, 4.69) is 37.0 Å². The summed E-state index contributed by atoms with van der Waals surface area (Å²) in [4.78, 5) is 30.9. The molecule has 3 aliphatic heterocycles. The molecule has 0 bridgehead atoms. The van der Waals surface area contributed by atoms with E-state index in [4.69, 9.17) is 5.73 Å². The van der Waals surface area contributed by atoms with Gasteiger partial charge in [0.2, 0.25) is 0 Å². The van der Waals surface area contributed by atoms with Crippen molar-refractivity contribution in [1.29, 1.82) is 0 Å². The summed E-state index contributed by atoms with van der Waals surface area (Å²) in [5, 5.41) is 14.2. The Bertz CT molecular complexity index is 1300. The topological polar surface area (TPSA) is 130 Å². The molecule has 2 unspecified atom stereocenters. The lowest BCUT2D eigenvalue weighted by Crippen LogP contribution is -2.61. The van der Waals surface area contributed by atoms with Crippen molar-refractivity contribution in [3.63, 3.8) is 0 Å². The summed E-state index contributed by atoms with van der Waals surface area (Å²) >= 11 is 0. The highest BCUT2D eigenvalue weighted by Crippen LogP contribution is 2.34. The molecule has 3 aliphatic rings. The second-order valence-corrected chi connectivity index (χ2v) is 8.48. The van der Waals surface area contributed by atoms with Crippen LogP contribution in [-0.4, -0.2) is 56.4 Å². The first kappa shape index (κ1) is 18.8. The van der Waals surface area contributed by atoms with Gasteiger partial charge in [0.1, 0.15) is 23.3 Å². The van der Waals surface area contributed by atoms with Crippen LogP contribution >= 0.6 is 0 Å². The van der Waals surface area contributed by atoms with Crippen LogP contribution in [0, 0.1) is 0 Å². The molecule has 32 heavy (non-hydrogen) atoms. The fourth-order valence-electron chi connectivity index (χ4n) is 4.87. The highest BCUT2D eigenvalue weighted by atomic mass is 16.2. The first-order valence-corrected chi connectivity index (χ1v) is 10.6. The van der Waals surface area contributed by atoms with Crippen LogP contribution < -0.4 is 21.7 Å². The maximum absolute atomic E-state index is 12.5. The molecular weight excluding hydrogens is 408 g/mol. The number of fused-ring (bicyclic) bond motifs is 2. The molecule has 0 saturated carbocycles. The van der Waals surface area contributed by atoms with Crippen LogP contribution in [0.3, 0.4) is 0 Å². The second kappa shape index (κ2) is 6.79. The number of anilines is 1. The molecule has 0 radical (unpaired) electrons. The van der Waals surface area contributed by atoms with Gasteiger partial charge in [-0.1, -0.05) is 18.2 Å². The summed E-state index contributed by atoms with van der Waals surface area (Å²) in [5.41, 5.74) is 8.20. The Morgan fingerprint density at radius 1 is 1.19 bits per heavy atom. The number of urea groups is 1. The molecule has 5 N–H and O–H groups in total. The summed E-state index contributed by atoms with van der Waals surface area (Å²) in [6, 6.07) is 9.60. The fraction of sp³-hybridized carbons (Fsp3) is 0.273. The van der Waals surface area contributed by atoms with Gasteiger partial charge in [-0.2, -0.15) is 5.10 Å². The minimum absolute atomic E-state index is 0.242. The Morgan fingerprint density at radius 2 is 2.06 bits per heavy atom. The minimum atomic E-state index is -0.900. The Hall–Kier alpha value is -3.92. The number of aromatic nitrogens is 3. The van der Waals surface area contributed by atoms with E-state index >= 15 is 0 Å². The average Bonchev–Trinajstić information content (AvgIpc) is 3.34. The molecule has 162 valence electrons. The Balaban J connectivity index is 1.33. The second-order valence-electron chi connectivity index (χ2n) is 8.48. The molecule has 2 aromatic heterocycles. The number of imide groups is 1. The summed E-state index contributed by atoms with van der Waals surface area (Å²) in [5.74, 6) is 1.00. The van der Waals surface area contributed by atoms with Gasteiger partial charge >= 0.3 is 6.03 Å². The number of nitrogens with zero attached hydrogens (tertiary/aromatic N) is 4. The number of nitrogens with one attached hydrogen (secondary N) is 3. The average molecular weight is 430 g/mol. The molecule has 2 fully saturated rings. The highest BCUT2D eigenvalue weighted by molar-refractivity contribution is 6.07. The molecule has 2 atom stereocenters. The maximum Gasteiger partial charge on any atom is 0.322 e. The van der Waals surface area contributed by atoms with Gasteiger partial charge in [-0.25, -0.2) is 9.48 Å². The lowest BCUT2D eigenvalue weighted by Gasteiger charge is -2.42. The molecule has 3 amide bonds. The van der Waals surface area contributed by atoms with Crippen molar-refractivity contribution in [2.75, 3.05) is 18.4 Å². The van der Waals surface area contributed by atoms with Crippen molar-refractivity contribution in [3.8, 4) is 11.1 Å². The Kier molecular flexibility index (Phi) is 3.99. The van der Waals surface area contributed by atoms with Crippen molar-refractivity contribution < 1.29 is 9.59 Å². The van der Waals surface area contributed by atoms with Crippen LogP contribution in [0.2, 0.25) is 0 Å². The number of nitrogens with two attached hydrogens (primary N) is 1. The number of piperidine rings is 1. The maximum atomic E-state index is 12.5. The third-order valence-corrected chi connectivity index (χ3v) is 6.46. The zero-order valence-electron chi connectivity index (χ0n) is 17.2. The van der Waals surface area contributed by atoms with Crippen molar-refractivity contribution >= 4 is 34.5 Å². The number of para-hydroxylation sites is 1. The lowest BCUT2D eigenvalue weighted by molar-refractivity contribution is -0.126. The predicted molar refractivity (Wildman–Crippen MR) is 119 cm³/mol. The van der Waals surface area contributed by atoms with E-state index in [1.807, 2.05) is 36.5 Å². The molecule has 2 saturated heterocycles. The van der Waals surface area contributed by atoms with Crippen molar-refractivity contribution in [2.45, 2.75) is 24.5 Å². The minimum Gasteiger partial charge on any atom is -0.384 e. The number of likely N-dealkylation sites (tertiary alicyclic amines) is 1. The smallest absolute Gasteiger partial charge is 0.322 e. The Labute approximate surface area is 183 Å². The molecular formula is C22H22N8O2. The van der Waals surface area contributed by atoms with Gasteiger partial charge in [0.05, 0.1) is 11.7 Å². The van der Waals surface area contributed by atoms with E-state index < -0.39 is 11.6 Å². The van der Waals surface area contributed by atoms with E-state index in [0.717, 1.165) is 40.8 Å². The molecule has 0 aliphatic carbocycles. The molecule has 5 heterocycles. The van der Waals surface area contributed by atoms with Crippen LogP contribution in [0.1, 0.15) is 12.8 Å². The number of amides is 3. The standard InChI is InChI=1S/C22H22N8O2/c23-17-9-18(29-7-3-6-22(12-29)20(31)27-21(32)28-22)26-19-15(11-25-30(17)19)14-8-13-4-1-2-5-16(13)24-10-14/h1-2,4-5,8-11,18,26H,3,6-7,12,23H2,(H2,27,28,31,32). The first-order valence-electron chi connectivity index (χ1n) is 10.6. The molecule has 1 aromatic carbocycles. The van der Waals surface area contributed by atoms with Crippen molar-refractivity contribution in [1.82, 2.24) is 30.3 Å². The van der Waals surface area contributed by atoms with Gasteiger partial charge < -0.3 is 16.4 Å². The third kappa shape index (κ3) is 2.83. The van der Waals surface area contributed by atoms with Crippen LogP contribution in [-0.2, 0) is 4.79 Å². The van der Waals surface area contributed by atoms with Gasteiger partial charge in [0, 0.05) is 35.8 Å². The quantitative estimate of drug-likeness (QED) is 0.451. The number of carbonyl (C=O) groups excluding carboxylic acids is 2. The predicted octanol–water partition coefficient (Wildman–Crippen LogP) is 1.28. The molecule has 6 rings (SSSR count). The Morgan fingerprint density at radius 3 is 2.91 bits per heavy atom. The summed E-state index contributed by atoms with van der Waals surface area (Å²) in [7, 11) is 0. The summed E-state index contributed by atoms with van der Waals surface area (Å²) in [6.07, 6.45) is 6.64. The number of hydrogen-bond acceptors (Lipinski definition) is 7. The number of rotatable bonds is 2. The highest BCUT2D eigenvalue weighted by Gasteiger charge is 2.49. The van der Waals surface area contributed by atoms with E-state index in [1.165, 1.54) is 0 Å². The largest absolute Gasteiger partial charge is 0.384 e. The van der Waals surface area contributed by atoms with Gasteiger partial charge in [0.25, 0.3) is 5.91 Å². The van der Waals surface area contributed by atoms with Gasteiger partial charge in [-0.3, -0.25) is 20.0 Å². The molecule has 10 heteroatoms. The normalized spacial score (nSPS) is 25.2. The van der Waals surface area contributed by atoms with Gasteiger partial charge in [-0.05, 0) is 31.1 Å². The van der Waals surface area contributed by atoms with Crippen LogP contribution in [0.5, 0.6) is 0 Å². The number of hydrogen-bond donors (Lipinski definition) is 4. The van der Waals surface area contributed by atoms with Crippen LogP contribution in [0.25, 0.3) is 27.9 Å². The van der Waals surface area contributed by atoms with E-state index in [-0.39, 0.29) is 12.1 Å². The number of carbonyl (C=O) groups is 2. The number of pyridine rings is 1. The summed E-state index contributed by atoms with van der Waals surface area (Å²) < 4.78 is 1.67.